The van der Waals surface area contributed by atoms with Crippen molar-refractivity contribution < 1.29 is 18.9 Å². The monoisotopic (exact) mass is 498 g/mol. The van der Waals surface area contributed by atoms with Gasteiger partial charge in [0.1, 0.15) is 11.3 Å². The van der Waals surface area contributed by atoms with Crippen molar-refractivity contribution in [1.82, 2.24) is 0 Å². The van der Waals surface area contributed by atoms with E-state index < -0.39 is 4.92 Å². The van der Waals surface area contributed by atoms with Crippen molar-refractivity contribution in [3.63, 3.8) is 0 Å². The predicted molar refractivity (Wildman–Crippen MR) is 147 cm³/mol. The number of hydrogen-bond donors (Lipinski definition) is 1. The molecule has 0 unspecified atom stereocenters. The Bertz CT molecular complexity index is 1560. The van der Waals surface area contributed by atoms with Gasteiger partial charge in [0.15, 0.2) is 0 Å². The number of benzene rings is 3. The van der Waals surface area contributed by atoms with Crippen molar-refractivity contribution in [3.05, 3.63) is 92.7 Å². The molecule has 0 aliphatic carbocycles. The molecule has 0 bridgehead atoms. The second kappa shape index (κ2) is 10.3. The van der Waals surface area contributed by atoms with Gasteiger partial charge in [0.25, 0.3) is 5.69 Å². The zero-order valence-corrected chi connectivity index (χ0v) is 21.9. The summed E-state index contributed by atoms with van der Waals surface area (Å²) in [5.41, 5.74) is 8.51. The van der Waals surface area contributed by atoms with Gasteiger partial charge >= 0.3 is 0 Å². The minimum absolute atomic E-state index is 0.0832. The van der Waals surface area contributed by atoms with E-state index in [1.807, 2.05) is 26.8 Å². The van der Waals surface area contributed by atoms with Crippen LogP contribution in [0.1, 0.15) is 41.7 Å². The molecule has 1 aromatic heterocycles. The zero-order valence-electron chi connectivity index (χ0n) is 21.9. The molecular formula is C30H30N2O5. The number of carbonyl (C=O) groups excluding carboxylic acids is 1. The number of allylic oxidation sites excluding steroid dienone is 1. The number of anilines is 1. The summed E-state index contributed by atoms with van der Waals surface area (Å²) in [6, 6.07) is 12.7. The summed E-state index contributed by atoms with van der Waals surface area (Å²) in [5, 5.41) is 14.9. The third kappa shape index (κ3) is 5.11. The first-order valence-electron chi connectivity index (χ1n) is 12.1. The van der Waals surface area contributed by atoms with Crippen LogP contribution in [0.5, 0.6) is 5.75 Å². The fraction of sp³-hybridized carbons (Fsp3) is 0.233. The van der Waals surface area contributed by atoms with Crippen LogP contribution >= 0.6 is 0 Å². The maximum atomic E-state index is 12.9. The first-order chi connectivity index (χ1) is 17.6. The molecule has 0 saturated carbocycles. The van der Waals surface area contributed by atoms with E-state index in [1.54, 1.807) is 19.3 Å². The van der Waals surface area contributed by atoms with Crippen molar-refractivity contribution in [2.75, 3.05) is 11.9 Å². The van der Waals surface area contributed by atoms with Crippen LogP contribution in [0.15, 0.2) is 59.2 Å². The topological polar surface area (TPSA) is 94.6 Å². The van der Waals surface area contributed by atoms with Crippen molar-refractivity contribution in [3.8, 4) is 16.9 Å². The van der Waals surface area contributed by atoms with Gasteiger partial charge in [-0.3, -0.25) is 14.9 Å². The van der Waals surface area contributed by atoms with Gasteiger partial charge in [-0.15, -0.1) is 0 Å². The van der Waals surface area contributed by atoms with E-state index in [-0.39, 0.29) is 11.6 Å². The SMILES string of the molecule is CCOc1c(/C(C)=C/C(=O)Nc2cc([N+](=O)[O-])ccc2C)cc2c(-c3ccc(C)cc3C)coc2c1C. The van der Waals surface area contributed by atoms with Gasteiger partial charge in [0, 0.05) is 40.3 Å². The van der Waals surface area contributed by atoms with E-state index in [9.17, 15) is 14.9 Å². The molecule has 7 heteroatoms. The number of nitrogens with one attached hydrogen (secondary N) is 1. The van der Waals surface area contributed by atoms with E-state index in [0.29, 0.717) is 23.6 Å². The van der Waals surface area contributed by atoms with Crippen molar-refractivity contribution in [2.45, 2.75) is 41.5 Å². The van der Waals surface area contributed by atoms with E-state index in [4.69, 9.17) is 9.15 Å². The van der Waals surface area contributed by atoms with Crippen LogP contribution in [0.3, 0.4) is 0 Å². The highest BCUT2D eigenvalue weighted by molar-refractivity contribution is 6.06. The molecule has 7 nitrogen and oxygen atoms in total. The van der Waals surface area contributed by atoms with Gasteiger partial charge < -0.3 is 14.5 Å². The molecule has 0 radical (unpaired) electrons. The Morgan fingerprint density at radius 1 is 1.05 bits per heavy atom. The van der Waals surface area contributed by atoms with Gasteiger partial charge in [0.05, 0.1) is 23.5 Å². The molecule has 37 heavy (non-hydrogen) atoms. The Kier molecular flexibility index (Phi) is 7.16. The number of aryl methyl sites for hydroxylation is 4. The fourth-order valence-corrected chi connectivity index (χ4v) is 4.56. The summed E-state index contributed by atoms with van der Waals surface area (Å²) < 4.78 is 12.0. The number of non-ortho nitro benzene ring substituents is 1. The van der Waals surface area contributed by atoms with E-state index in [2.05, 4.69) is 37.4 Å². The Morgan fingerprint density at radius 3 is 2.49 bits per heavy atom. The van der Waals surface area contributed by atoms with Gasteiger partial charge in [-0.1, -0.05) is 29.8 Å². The Morgan fingerprint density at radius 2 is 1.81 bits per heavy atom. The number of carbonyl (C=O) groups is 1. The van der Waals surface area contributed by atoms with E-state index >= 15 is 0 Å². The predicted octanol–water partition coefficient (Wildman–Crippen LogP) is 7.68. The maximum Gasteiger partial charge on any atom is 0.271 e. The molecule has 1 amide bonds. The Labute approximate surface area is 215 Å². The molecule has 4 rings (SSSR count). The standard InChI is InChI=1S/C30H30N2O5/c1-7-36-29-21(6)30-25(26(16-37-30)23-11-8-17(2)12-19(23)4)15-24(29)20(5)13-28(33)31-27-14-22(32(34)35)10-9-18(27)3/h8-16H,7H2,1-6H3,(H,31,33)/b20-13+. The molecule has 1 heterocycles. The van der Waals surface area contributed by atoms with Gasteiger partial charge in [-0.05, 0) is 69.9 Å². The first kappa shape index (κ1) is 25.7. The minimum Gasteiger partial charge on any atom is -0.493 e. The number of amides is 1. The zero-order chi connectivity index (χ0) is 26.9. The van der Waals surface area contributed by atoms with E-state index in [1.165, 1.54) is 23.8 Å². The highest BCUT2D eigenvalue weighted by Gasteiger charge is 2.20. The van der Waals surface area contributed by atoms with Crippen LogP contribution < -0.4 is 10.1 Å². The Hall–Kier alpha value is -4.39. The molecule has 0 fully saturated rings. The van der Waals surface area contributed by atoms with Crippen molar-refractivity contribution >= 4 is 33.8 Å². The number of rotatable bonds is 7. The summed E-state index contributed by atoms with van der Waals surface area (Å²) in [7, 11) is 0. The Balaban J connectivity index is 1.79. The largest absolute Gasteiger partial charge is 0.493 e. The lowest BCUT2D eigenvalue weighted by molar-refractivity contribution is -0.384. The summed E-state index contributed by atoms with van der Waals surface area (Å²) in [5.74, 6) is 0.271. The van der Waals surface area contributed by atoms with E-state index in [0.717, 1.165) is 44.3 Å². The summed E-state index contributed by atoms with van der Waals surface area (Å²) in [6.45, 7) is 12.1. The quantitative estimate of drug-likeness (QED) is 0.160. The number of nitrogens with zero attached hydrogens (tertiary/aromatic N) is 1. The molecule has 0 aliphatic heterocycles. The molecule has 3 aromatic carbocycles. The molecule has 190 valence electrons. The van der Waals surface area contributed by atoms with Gasteiger partial charge in [-0.2, -0.15) is 0 Å². The second-order valence-corrected chi connectivity index (χ2v) is 9.23. The molecular weight excluding hydrogens is 468 g/mol. The highest BCUT2D eigenvalue weighted by atomic mass is 16.6. The van der Waals surface area contributed by atoms with Gasteiger partial charge in [0.2, 0.25) is 5.91 Å². The van der Waals surface area contributed by atoms with Crippen LogP contribution in [0.2, 0.25) is 0 Å². The number of furan rings is 1. The third-order valence-electron chi connectivity index (χ3n) is 6.47. The lowest BCUT2D eigenvalue weighted by atomic mass is 9.94. The molecule has 0 aliphatic rings. The normalized spacial score (nSPS) is 11.6. The average molecular weight is 499 g/mol. The number of hydrogen-bond acceptors (Lipinski definition) is 5. The number of nitro groups is 1. The van der Waals surface area contributed by atoms with Crippen molar-refractivity contribution in [1.29, 1.82) is 0 Å². The van der Waals surface area contributed by atoms with Crippen LogP contribution in [0, 0.1) is 37.8 Å². The fourth-order valence-electron chi connectivity index (χ4n) is 4.56. The van der Waals surface area contributed by atoms with Crippen LogP contribution in [0.25, 0.3) is 27.7 Å². The smallest absolute Gasteiger partial charge is 0.271 e. The van der Waals surface area contributed by atoms with Crippen LogP contribution in [-0.4, -0.2) is 17.4 Å². The van der Waals surface area contributed by atoms with Crippen LogP contribution in [0.4, 0.5) is 11.4 Å². The highest BCUT2D eigenvalue weighted by Crippen LogP contribution is 2.41. The first-order valence-corrected chi connectivity index (χ1v) is 12.1. The number of ether oxygens (including phenoxy) is 1. The number of nitro benzene ring substituents is 1. The van der Waals surface area contributed by atoms with Gasteiger partial charge in [-0.25, -0.2) is 0 Å². The molecule has 4 aromatic rings. The average Bonchev–Trinajstić information content (AvgIpc) is 3.26. The maximum absolute atomic E-state index is 12.9. The van der Waals surface area contributed by atoms with Crippen molar-refractivity contribution in [2.24, 2.45) is 0 Å². The summed E-state index contributed by atoms with van der Waals surface area (Å²) in [4.78, 5) is 23.6. The molecule has 1 N–H and O–H groups in total. The third-order valence-corrected chi connectivity index (χ3v) is 6.47. The van der Waals surface area contributed by atoms with Crippen LogP contribution in [-0.2, 0) is 4.79 Å². The second-order valence-electron chi connectivity index (χ2n) is 9.23. The number of fused-ring (bicyclic) bond motifs is 1. The molecule has 0 atom stereocenters. The molecule has 0 spiro atoms. The lowest BCUT2D eigenvalue weighted by Crippen LogP contribution is -2.10. The minimum atomic E-state index is -0.485. The summed E-state index contributed by atoms with van der Waals surface area (Å²) in [6.07, 6.45) is 3.25. The molecule has 0 saturated heterocycles. The lowest BCUT2D eigenvalue weighted by Gasteiger charge is -2.15. The summed E-state index contributed by atoms with van der Waals surface area (Å²) >= 11 is 0.